The zero-order valence-corrected chi connectivity index (χ0v) is 11.3. The average Bonchev–Trinajstić information content (AvgIpc) is 2.40. The molecule has 0 aromatic heterocycles. The molecular formula is C16H23NO. The van der Waals surface area contributed by atoms with E-state index >= 15 is 0 Å². The van der Waals surface area contributed by atoms with Crippen LogP contribution in [-0.2, 0) is 11.2 Å². The van der Waals surface area contributed by atoms with Crippen molar-refractivity contribution in [2.75, 3.05) is 0 Å². The van der Waals surface area contributed by atoms with E-state index in [1.165, 1.54) is 50.5 Å². The molecule has 1 aromatic carbocycles. The number of hydrogen-bond acceptors (Lipinski definition) is 2. The van der Waals surface area contributed by atoms with E-state index in [1.54, 1.807) is 6.08 Å². The van der Waals surface area contributed by atoms with Crippen LogP contribution in [0.5, 0.6) is 0 Å². The number of carbonyl (C=O) groups excluding carboxylic acids is 1. The lowest BCUT2D eigenvalue weighted by atomic mass is 10.0. The van der Waals surface area contributed by atoms with Crippen LogP contribution in [-0.4, -0.2) is 6.08 Å². The molecule has 0 spiro atoms. The molecule has 0 aliphatic heterocycles. The highest BCUT2D eigenvalue weighted by atomic mass is 16.1. The van der Waals surface area contributed by atoms with Crippen LogP contribution in [0.1, 0.15) is 57.4 Å². The molecule has 98 valence electrons. The molecule has 0 aliphatic rings. The first-order chi connectivity index (χ1) is 8.86. The van der Waals surface area contributed by atoms with Gasteiger partial charge >= 0.3 is 0 Å². The van der Waals surface area contributed by atoms with Gasteiger partial charge in [0.2, 0.25) is 6.08 Å². The van der Waals surface area contributed by atoms with Crippen LogP contribution in [0.25, 0.3) is 0 Å². The lowest BCUT2D eigenvalue weighted by Gasteiger charge is -2.02. The topological polar surface area (TPSA) is 29.4 Å². The molecule has 0 radical (unpaired) electrons. The lowest BCUT2D eigenvalue weighted by molar-refractivity contribution is 0.565. The fourth-order valence-corrected chi connectivity index (χ4v) is 2.08. The van der Waals surface area contributed by atoms with Crippen molar-refractivity contribution < 1.29 is 4.79 Å². The Kier molecular flexibility index (Phi) is 7.83. The Morgan fingerprint density at radius 1 is 0.944 bits per heavy atom. The lowest BCUT2D eigenvalue weighted by Crippen LogP contribution is -1.86. The second-order valence-corrected chi connectivity index (χ2v) is 4.74. The number of aryl methyl sites for hydroxylation is 1. The normalized spacial score (nSPS) is 10.1. The van der Waals surface area contributed by atoms with Gasteiger partial charge in [-0.05, 0) is 30.5 Å². The third-order valence-electron chi connectivity index (χ3n) is 3.18. The van der Waals surface area contributed by atoms with E-state index < -0.39 is 0 Å². The molecule has 18 heavy (non-hydrogen) atoms. The van der Waals surface area contributed by atoms with Crippen molar-refractivity contribution in [3.63, 3.8) is 0 Å². The van der Waals surface area contributed by atoms with E-state index in [4.69, 9.17) is 0 Å². The van der Waals surface area contributed by atoms with E-state index in [2.05, 4.69) is 11.9 Å². The van der Waals surface area contributed by atoms with Crippen molar-refractivity contribution in [1.82, 2.24) is 0 Å². The molecule has 1 aromatic rings. The summed E-state index contributed by atoms with van der Waals surface area (Å²) in [6.45, 7) is 2.25. The Hall–Kier alpha value is -1.40. The van der Waals surface area contributed by atoms with E-state index in [-0.39, 0.29) is 0 Å². The molecule has 1 rings (SSSR count). The summed E-state index contributed by atoms with van der Waals surface area (Å²) in [4.78, 5) is 13.7. The van der Waals surface area contributed by atoms with Crippen molar-refractivity contribution >= 4 is 11.8 Å². The summed E-state index contributed by atoms with van der Waals surface area (Å²) >= 11 is 0. The van der Waals surface area contributed by atoms with Gasteiger partial charge in [0.1, 0.15) is 0 Å². The first-order valence-electron chi connectivity index (χ1n) is 7.03. The first kappa shape index (κ1) is 14.7. The first-order valence-corrected chi connectivity index (χ1v) is 7.03. The third kappa shape index (κ3) is 6.36. The Labute approximate surface area is 110 Å². The van der Waals surface area contributed by atoms with Crippen LogP contribution in [0.2, 0.25) is 0 Å². The molecule has 0 aliphatic carbocycles. The summed E-state index contributed by atoms with van der Waals surface area (Å²) in [7, 11) is 0. The van der Waals surface area contributed by atoms with Gasteiger partial charge in [0.05, 0.1) is 5.69 Å². The molecule has 0 N–H and O–H groups in total. The van der Waals surface area contributed by atoms with Crippen molar-refractivity contribution in [1.29, 1.82) is 0 Å². The SMILES string of the molecule is CCCCCCCCCc1ccc(N=C=O)cc1. The predicted molar refractivity (Wildman–Crippen MR) is 75.9 cm³/mol. The van der Waals surface area contributed by atoms with Gasteiger partial charge in [-0.25, -0.2) is 4.79 Å². The van der Waals surface area contributed by atoms with E-state index in [9.17, 15) is 4.79 Å². The zero-order valence-electron chi connectivity index (χ0n) is 11.3. The van der Waals surface area contributed by atoms with Gasteiger partial charge in [0.15, 0.2) is 0 Å². The van der Waals surface area contributed by atoms with Crippen LogP contribution < -0.4 is 0 Å². The maximum atomic E-state index is 10.1. The van der Waals surface area contributed by atoms with Gasteiger partial charge in [-0.1, -0.05) is 57.6 Å². The largest absolute Gasteiger partial charge is 0.240 e. The van der Waals surface area contributed by atoms with Crippen molar-refractivity contribution in [2.45, 2.75) is 58.3 Å². The number of benzene rings is 1. The van der Waals surface area contributed by atoms with Crippen molar-refractivity contribution in [3.8, 4) is 0 Å². The minimum Gasteiger partial charge on any atom is -0.211 e. The number of isocyanates is 1. The number of hydrogen-bond donors (Lipinski definition) is 0. The fourth-order valence-electron chi connectivity index (χ4n) is 2.08. The number of unbranched alkanes of at least 4 members (excludes halogenated alkanes) is 6. The molecule has 0 atom stereocenters. The van der Waals surface area contributed by atoms with Crippen molar-refractivity contribution in [2.24, 2.45) is 4.99 Å². The van der Waals surface area contributed by atoms with Gasteiger partial charge in [-0.3, -0.25) is 0 Å². The summed E-state index contributed by atoms with van der Waals surface area (Å²) in [5.74, 6) is 0. The van der Waals surface area contributed by atoms with E-state index in [0.717, 1.165) is 6.42 Å². The molecule has 0 fully saturated rings. The molecule has 0 amide bonds. The Bertz CT molecular complexity index is 363. The van der Waals surface area contributed by atoms with Crippen LogP contribution in [0.4, 0.5) is 5.69 Å². The summed E-state index contributed by atoms with van der Waals surface area (Å²) < 4.78 is 0. The number of nitrogens with zero attached hydrogens (tertiary/aromatic N) is 1. The third-order valence-corrected chi connectivity index (χ3v) is 3.18. The monoisotopic (exact) mass is 245 g/mol. The van der Waals surface area contributed by atoms with Crippen LogP contribution >= 0.6 is 0 Å². The Balaban J connectivity index is 2.13. The van der Waals surface area contributed by atoms with Crippen LogP contribution in [0.3, 0.4) is 0 Å². The van der Waals surface area contributed by atoms with Gasteiger partial charge in [-0.15, -0.1) is 0 Å². The minimum absolute atomic E-state index is 0.688. The van der Waals surface area contributed by atoms with Gasteiger partial charge in [0, 0.05) is 0 Å². The summed E-state index contributed by atoms with van der Waals surface area (Å²) in [5, 5.41) is 0. The highest BCUT2D eigenvalue weighted by Gasteiger charge is 1.95. The molecule has 0 unspecified atom stereocenters. The molecule has 0 saturated heterocycles. The predicted octanol–water partition coefficient (Wildman–Crippen LogP) is 4.95. The van der Waals surface area contributed by atoms with Crippen LogP contribution in [0, 0.1) is 0 Å². The Morgan fingerprint density at radius 3 is 2.17 bits per heavy atom. The van der Waals surface area contributed by atoms with Crippen molar-refractivity contribution in [3.05, 3.63) is 29.8 Å². The quantitative estimate of drug-likeness (QED) is 0.344. The smallest absolute Gasteiger partial charge is 0.211 e. The number of aliphatic imine (C=N–C) groups is 1. The molecule has 0 saturated carbocycles. The molecule has 2 nitrogen and oxygen atoms in total. The zero-order chi connectivity index (χ0) is 13.1. The van der Waals surface area contributed by atoms with E-state index in [0.29, 0.717) is 5.69 Å². The molecule has 0 bridgehead atoms. The average molecular weight is 245 g/mol. The second kappa shape index (κ2) is 9.61. The highest BCUT2D eigenvalue weighted by molar-refractivity contribution is 5.49. The highest BCUT2D eigenvalue weighted by Crippen LogP contribution is 2.15. The second-order valence-electron chi connectivity index (χ2n) is 4.74. The number of rotatable bonds is 9. The summed E-state index contributed by atoms with van der Waals surface area (Å²) in [6.07, 6.45) is 12.1. The summed E-state index contributed by atoms with van der Waals surface area (Å²) in [5.41, 5.74) is 2.02. The van der Waals surface area contributed by atoms with Gasteiger partial charge in [-0.2, -0.15) is 4.99 Å². The summed E-state index contributed by atoms with van der Waals surface area (Å²) in [6, 6.07) is 7.85. The molecular weight excluding hydrogens is 222 g/mol. The molecule has 0 heterocycles. The van der Waals surface area contributed by atoms with Crippen LogP contribution in [0.15, 0.2) is 29.3 Å². The Morgan fingerprint density at radius 2 is 1.56 bits per heavy atom. The van der Waals surface area contributed by atoms with E-state index in [1.807, 2.05) is 24.3 Å². The maximum absolute atomic E-state index is 10.1. The maximum Gasteiger partial charge on any atom is 0.240 e. The van der Waals surface area contributed by atoms with Gasteiger partial charge < -0.3 is 0 Å². The fraction of sp³-hybridized carbons (Fsp3) is 0.562. The van der Waals surface area contributed by atoms with Gasteiger partial charge in [0.25, 0.3) is 0 Å². The molecule has 2 heteroatoms. The standard InChI is InChI=1S/C16H23NO/c1-2-3-4-5-6-7-8-9-15-10-12-16(13-11-15)17-14-18/h10-13H,2-9H2,1H3. The minimum atomic E-state index is 0.688.